The number of halogens is 1. The third kappa shape index (κ3) is 4.97. The van der Waals surface area contributed by atoms with Crippen molar-refractivity contribution in [1.29, 1.82) is 0 Å². The lowest BCUT2D eigenvalue weighted by Gasteiger charge is -2.28. The summed E-state index contributed by atoms with van der Waals surface area (Å²) in [6, 6.07) is 7.45. The number of carbonyl (C=O) groups is 1. The zero-order valence-electron chi connectivity index (χ0n) is 15.3. The molecule has 0 unspecified atom stereocenters. The second kappa shape index (κ2) is 7.66. The summed E-state index contributed by atoms with van der Waals surface area (Å²) in [5.41, 5.74) is 0.372. The van der Waals surface area contributed by atoms with E-state index in [1.54, 1.807) is 12.1 Å². The van der Waals surface area contributed by atoms with E-state index in [2.05, 4.69) is 15.5 Å². The van der Waals surface area contributed by atoms with Crippen LogP contribution >= 0.6 is 11.6 Å². The Morgan fingerprint density at radius 1 is 1.15 bits per heavy atom. The first-order valence-electron chi connectivity index (χ1n) is 8.89. The smallest absolute Gasteiger partial charge is 0.407 e. The minimum atomic E-state index is -0.483. The standard InChI is InChI=1S/C19H24ClN3O3/c1-19(2,3)26-18(24)21-15-10-6-13(7-11-15)17-23-22-16(25-17)12-4-8-14(20)9-5-12/h4-5,8-9,13,15H,6-7,10-11H2,1-3H3,(H,21,24). The molecule has 0 radical (unpaired) electrons. The van der Waals surface area contributed by atoms with Crippen molar-refractivity contribution < 1.29 is 13.9 Å². The second-order valence-electron chi connectivity index (χ2n) is 7.65. The molecule has 1 N–H and O–H groups in total. The average molecular weight is 378 g/mol. The molecule has 1 aliphatic carbocycles. The normalized spacial score (nSPS) is 20.6. The Morgan fingerprint density at radius 3 is 2.42 bits per heavy atom. The number of nitrogens with zero attached hydrogens (tertiary/aromatic N) is 2. The van der Waals surface area contributed by atoms with Crippen molar-refractivity contribution in [2.75, 3.05) is 0 Å². The van der Waals surface area contributed by atoms with Gasteiger partial charge in [-0.2, -0.15) is 0 Å². The molecule has 2 aromatic rings. The quantitative estimate of drug-likeness (QED) is 0.819. The van der Waals surface area contributed by atoms with Crippen LogP contribution in [0.3, 0.4) is 0 Å². The summed E-state index contributed by atoms with van der Waals surface area (Å²) in [6.07, 6.45) is 3.15. The first-order chi connectivity index (χ1) is 12.3. The van der Waals surface area contributed by atoms with Crippen LogP contribution in [-0.2, 0) is 4.74 Å². The van der Waals surface area contributed by atoms with Gasteiger partial charge in [-0.25, -0.2) is 4.79 Å². The van der Waals surface area contributed by atoms with Crippen LogP contribution in [-0.4, -0.2) is 27.9 Å². The molecule has 6 nitrogen and oxygen atoms in total. The number of amides is 1. The monoisotopic (exact) mass is 377 g/mol. The highest BCUT2D eigenvalue weighted by Gasteiger charge is 2.28. The molecule has 0 aliphatic heterocycles. The Hall–Kier alpha value is -2.08. The lowest BCUT2D eigenvalue weighted by molar-refractivity contribution is 0.0490. The minimum Gasteiger partial charge on any atom is -0.444 e. The van der Waals surface area contributed by atoms with Crippen LogP contribution in [0.4, 0.5) is 4.79 Å². The molecule has 1 aromatic heterocycles. The van der Waals surface area contributed by atoms with Crippen LogP contribution < -0.4 is 5.32 Å². The summed E-state index contributed by atoms with van der Waals surface area (Å²) in [7, 11) is 0. The number of rotatable bonds is 3. The van der Waals surface area contributed by atoms with Crippen molar-refractivity contribution in [2.24, 2.45) is 0 Å². The molecular formula is C19H24ClN3O3. The van der Waals surface area contributed by atoms with Gasteiger partial charge in [-0.1, -0.05) is 11.6 Å². The Bertz CT molecular complexity index is 744. The topological polar surface area (TPSA) is 77.2 Å². The molecule has 1 heterocycles. The van der Waals surface area contributed by atoms with Gasteiger partial charge in [0, 0.05) is 22.5 Å². The molecule has 7 heteroatoms. The van der Waals surface area contributed by atoms with E-state index >= 15 is 0 Å². The van der Waals surface area contributed by atoms with E-state index in [4.69, 9.17) is 20.8 Å². The Kier molecular flexibility index (Phi) is 5.51. The molecule has 26 heavy (non-hydrogen) atoms. The van der Waals surface area contributed by atoms with Crippen molar-refractivity contribution >= 4 is 17.7 Å². The van der Waals surface area contributed by atoms with Gasteiger partial charge >= 0.3 is 6.09 Å². The molecule has 0 saturated heterocycles. The van der Waals surface area contributed by atoms with E-state index < -0.39 is 5.60 Å². The fourth-order valence-corrected chi connectivity index (χ4v) is 3.19. The second-order valence-corrected chi connectivity index (χ2v) is 8.08. The Morgan fingerprint density at radius 2 is 1.81 bits per heavy atom. The number of carbonyl (C=O) groups excluding carboxylic acids is 1. The maximum Gasteiger partial charge on any atom is 0.407 e. The Labute approximate surface area is 158 Å². The molecule has 0 spiro atoms. The third-order valence-electron chi connectivity index (χ3n) is 4.33. The predicted molar refractivity (Wildman–Crippen MR) is 99.1 cm³/mol. The van der Waals surface area contributed by atoms with Crippen LogP contribution in [0, 0.1) is 0 Å². The van der Waals surface area contributed by atoms with Gasteiger partial charge in [0.25, 0.3) is 0 Å². The molecule has 140 valence electrons. The highest BCUT2D eigenvalue weighted by molar-refractivity contribution is 6.30. The van der Waals surface area contributed by atoms with Crippen LogP contribution in [0.15, 0.2) is 28.7 Å². The summed E-state index contributed by atoms with van der Waals surface area (Å²) in [5, 5.41) is 12.0. The van der Waals surface area contributed by atoms with Crippen molar-refractivity contribution in [1.82, 2.24) is 15.5 Å². The highest BCUT2D eigenvalue weighted by Crippen LogP contribution is 2.33. The predicted octanol–water partition coefficient (Wildman–Crippen LogP) is 4.94. The number of aromatic nitrogens is 2. The van der Waals surface area contributed by atoms with Crippen LogP contribution in [0.25, 0.3) is 11.5 Å². The zero-order valence-corrected chi connectivity index (χ0v) is 16.0. The SMILES string of the molecule is CC(C)(C)OC(=O)NC1CCC(c2nnc(-c3ccc(Cl)cc3)o2)CC1. The maximum atomic E-state index is 11.9. The number of hydrogen-bond donors (Lipinski definition) is 1. The van der Waals surface area contributed by atoms with E-state index in [0.717, 1.165) is 31.2 Å². The molecule has 1 saturated carbocycles. The summed E-state index contributed by atoms with van der Waals surface area (Å²) >= 11 is 5.91. The molecular weight excluding hydrogens is 354 g/mol. The van der Waals surface area contributed by atoms with Crippen molar-refractivity contribution in [3.63, 3.8) is 0 Å². The van der Waals surface area contributed by atoms with E-state index in [1.165, 1.54) is 0 Å². The molecule has 0 bridgehead atoms. The summed E-state index contributed by atoms with van der Waals surface area (Å²) < 4.78 is 11.2. The lowest BCUT2D eigenvalue weighted by Crippen LogP contribution is -2.40. The number of nitrogens with one attached hydrogen (secondary N) is 1. The fraction of sp³-hybridized carbons (Fsp3) is 0.526. The van der Waals surface area contributed by atoms with Crippen molar-refractivity contribution in [2.45, 2.75) is 64.0 Å². The lowest BCUT2D eigenvalue weighted by atomic mass is 9.86. The number of benzene rings is 1. The van der Waals surface area contributed by atoms with E-state index in [-0.39, 0.29) is 18.1 Å². The van der Waals surface area contributed by atoms with Gasteiger partial charge < -0.3 is 14.5 Å². The molecule has 1 amide bonds. The van der Waals surface area contributed by atoms with Crippen LogP contribution in [0.1, 0.15) is 58.3 Å². The average Bonchev–Trinajstić information content (AvgIpc) is 3.04. The Balaban J connectivity index is 1.54. The molecule has 1 aliphatic rings. The van der Waals surface area contributed by atoms with Gasteiger partial charge in [0.1, 0.15) is 5.60 Å². The third-order valence-corrected chi connectivity index (χ3v) is 4.58. The number of alkyl carbamates (subject to hydrolysis) is 1. The van der Waals surface area contributed by atoms with Gasteiger partial charge in [-0.3, -0.25) is 0 Å². The largest absolute Gasteiger partial charge is 0.444 e. The summed E-state index contributed by atoms with van der Waals surface area (Å²) in [5.74, 6) is 1.39. The van der Waals surface area contributed by atoms with E-state index in [9.17, 15) is 4.79 Å². The van der Waals surface area contributed by atoms with E-state index in [0.29, 0.717) is 16.8 Å². The van der Waals surface area contributed by atoms with Gasteiger partial charge in [-0.05, 0) is 70.7 Å². The van der Waals surface area contributed by atoms with Gasteiger partial charge in [0.2, 0.25) is 11.8 Å². The first kappa shape index (κ1) is 18.7. The number of ether oxygens (including phenoxy) is 1. The fourth-order valence-electron chi connectivity index (χ4n) is 3.07. The molecule has 3 rings (SSSR count). The van der Waals surface area contributed by atoms with Crippen LogP contribution in [0.2, 0.25) is 5.02 Å². The maximum absolute atomic E-state index is 11.9. The van der Waals surface area contributed by atoms with Gasteiger partial charge in [-0.15, -0.1) is 10.2 Å². The van der Waals surface area contributed by atoms with Gasteiger partial charge in [0.05, 0.1) is 0 Å². The highest BCUT2D eigenvalue weighted by atomic mass is 35.5. The molecule has 1 fully saturated rings. The van der Waals surface area contributed by atoms with Gasteiger partial charge in [0.15, 0.2) is 0 Å². The van der Waals surface area contributed by atoms with Crippen molar-refractivity contribution in [3.8, 4) is 11.5 Å². The first-order valence-corrected chi connectivity index (χ1v) is 9.27. The molecule has 1 aromatic carbocycles. The zero-order chi connectivity index (χ0) is 18.7. The molecule has 0 atom stereocenters. The summed E-state index contributed by atoms with van der Waals surface area (Å²) in [4.78, 5) is 11.9. The minimum absolute atomic E-state index is 0.125. The number of hydrogen-bond acceptors (Lipinski definition) is 5. The van der Waals surface area contributed by atoms with E-state index in [1.807, 2.05) is 32.9 Å². The van der Waals surface area contributed by atoms with Crippen molar-refractivity contribution in [3.05, 3.63) is 35.2 Å². The summed E-state index contributed by atoms with van der Waals surface area (Å²) in [6.45, 7) is 5.58. The van der Waals surface area contributed by atoms with Crippen LogP contribution in [0.5, 0.6) is 0 Å².